The van der Waals surface area contributed by atoms with Crippen molar-refractivity contribution in [3.05, 3.63) is 42.2 Å². The Balaban J connectivity index is 1.90. The lowest BCUT2D eigenvalue weighted by Gasteiger charge is -2.07. The van der Waals surface area contributed by atoms with Gasteiger partial charge in [0.25, 0.3) is 0 Å². The predicted molar refractivity (Wildman–Crippen MR) is 58.5 cm³/mol. The van der Waals surface area contributed by atoms with Crippen LogP contribution in [-0.2, 0) is 6.54 Å². The quantitative estimate of drug-likeness (QED) is 0.885. The van der Waals surface area contributed by atoms with E-state index in [0.717, 1.165) is 12.1 Å². The number of benzene rings is 1. The van der Waals surface area contributed by atoms with Gasteiger partial charge in [0, 0.05) is 12.3 Å². The van der Waals surface area contributed by atoms with Gasteiger partial charge in [0.2, 0.25) is 0 Å². The summed E-state index contributed by atoms with van der Waals surface area (Å²) in [4.78, 5) is 0. The molecule has 0 aliphatic heterocycles. The van der Waals surface area contributed by atoms with Crippen LogP contribution in [0.15, 0.2) is 30.6 Å². The molecule has 1 heterocycles. The second-order valence-electron chi connectivity index (χ2n) is 3.46. The highest BCUT2D eigenvalue weighted by Gasteiger charge is 2.04. The maximum atomic E-state index is 13.2. The maximum Gasteiger partial charge on any atom is 0.167 e. The molecule has 6 heteroatoms. The van der Waals surface area contributed by atoms with Crippen LogP contribution < -0.4 is 10.5 Å². The summed E-state index contributed by atoms with van der Waals surface area (Å²) in [5.41, 5.74) is 6.03. The first-order valence-corrected chi connectivity index (χ1v) is 5.01. The molecule has 0 bridgehead atoms. The van der Waals surface area contributed by atoms with E-state index >= 15 is 0 Å². The van der Waals surface area contributed by atoms with Crippen molar-refractivity contribution in [3.63, 3.8) is 0 Å². The molecule has 0 saturated heterocycles. The molecule has 0 saturated carbocycles. The first kappa shape index (κ1) is 11.4. The third-order valence-corrected chi connectivity index (χ3v) is 2.13. The molecule has 0 atom stereocenters. The Bertz CT molecular complexity index is 513. The van der Waals surface area contributed by atoms with Crippen molar-refractivity contribution in [1.82, 2.24) is 9.78 Å². The molecule has 2 aromatic rings. The van der Waals surface area contributed by atoms with Gasteiger partial charge in [-0.3, -0.25) is 4.68 Å². The van der Waals surface area contributed by atoms with E-state index in [1.807, 2.05) is 0 Å². The summed E-state index contributed by atoms with van der Waals surface area (Å²) in [5.74, 6) is -1.33. The Labute approximate surface area is 96.6 Å². The third-order valence-electron chi connectivity index (χ3n) is 2.13. The van der Waals surface area contributed by atoms with Crippen LogP contribution in [0.2, 0.25) is 0 Å². The molecule has 90 valence electrons. The Morgan fingerprint density at radius 2 is 2.18 bits per heavy atom. The largest absolute Gasteiger partial charge is 0.489 e. The molecule has 2 N–H and O–H groups in total. The van der Waals surface area contributed by atoms with Crippen LogP contribution in [0.25, 0.3) is 0 Å². The lowest BCUT2D eigenvalue weighted by molar-refractivity contribution is 0.277. The van der Waals surface area contributed by atoms with Crippen molar-refractivity contribution in [2.24, 2.45) is 0 Å². The second-order valence-corrected chi connectivity index (χ2v) is 3.46. The van der Waals surface area contributed by atoms with Gasteiger partial charge in [-0.15, -0.1) is 0 Å². The minimum Gasteiger partial charge on any atom is -0.489 e. The molecule has 0 aliphatic carbocycles. The van der Waals surface area contributed by atoms with Gasteiger partial charge in [0.1, 0.15) is 12.4 Å². The van der Waals surface area contributed by atoms with E-state index in [0.29, 0.717) is 12.2 Å². The number of anilines is 1. The topological polar surface area (TPSA) is 53.1 Å². The van der Waals surface area contributed by atoms with Gasteiger partial charge < -0.3 is 10.5 Å². The average molecular weight is 239 g/mol. The number of nitrogen functional groups attached to an aromatic ring is 1. The fourth-order valence-corrected chi connectivity index (χ4v) is 1.34. The van der Waals surface area contributed by atoms with Crippen molar-refractivity contribution in [1.29, 1.82) is 0 Å². The molecule has 4 nitrogen and oxygen atoms in total. The molecule has 0 amide bonds. The molecule has 0 radical (unpaired) electrons. The summed E-state index contributed by atoms with van der Waals surface area (Å²) < 4.78 is 32.5. The van der Waals surface area contributed by atoms with Crippen LogP contribution in [0.3, 0.4) is 0 Å². The van der Waals surface area contributed by atoms with Gasteiger partial charge in [-0.1, -0.05) is 0 Å². The lowest BCUT2D eigenvalue weighted by atomic mass is 10.3. The van der Waals surface area contributed by atoms with Crippen LogP contribution in [-0.4, -0.2) is 16.4 Å². The standard InChI is InChI=1S/C11H11F2N3O/c12-8-1-2-11(10(13)5-8)17-4-3-16-7-9(14)6-15-16/h1-2,5-7H,3-4,14H2. The zero-order chi connectivity index (χ0) is 12.3. The van der Waals surface area contributed by atoms with Crippen LogP contribution >= 0.6 is 0 Å². The van der Waals surface area contributed by atoms with E-state index in [-0.39, 0.29) is 12.4 Å². The van der Waals surface area contributed by atoms with Crippen molar-refractivity contribution < 1.29 is 13.5 Å². The van der Waals surface area contributed by atoms with E-state index in [1.54, 1.807) is 10.9 Å². The molecule has 17 heavy (non-hydrogen) atoms. The second kappa shape index (κ2) is 4.82. The smallest absolute Gasteiger partial charge is 0.167 e. The number of aromatic nitrogens is 2. The van der Waals surface area contributed by atoms with Crippen molar-refractivity contribution in [2.45, 2.75) is 6.54 Å². The minimum absolute atomic E-state index is 0.0199. The van der Waals surface area contributed by atoms with Gasteiger partial charge in [-0.05, 0) is 12.1 Å². The van der Waals surface area contributed by atoms with Gasteiger partial charge >= 0.3 is 0 Å². The van der Waals surface area contributed by atoms with Crippen molar-refractivity contribution >= 4 is 5.69 Å². The van der Waals surface area contributed by atoms with E-state index in [2.05, 4.69) is 5.10 Å². The van der Waals surface area contributed by atoms with Crippen molar-refractivity contribution in [2.75, 3.05) is 12.3 Å². The van der Waals surface area contributed by atoms with Crippen LogP contribution in [0, 0.1) is 11.6 Å². The van der Waals surface area contributed by atoms with Gasteiger partial charge in [0.05, 0.1) is 18.4 Å². The monoisotopic (exact) mass is 239 g/mol. The number of rotatable bonds is 4. The number of nitrogens with two attached hydrogens (primary N) is 1. The highest BCUT2D eigenvalue weighted by atomic mass is 19.1. The molecule has 0 spiro atoms. The molecule has 1 aromatic heterocycles. The summed E-state index contributed by atoms with van der Waals surface area (Å²) in [6, 6.07) is 3.17. The van der Waals surface area contributed by atoms with Gasteiger partial charge in [0.15, 0.2) is 11.6 Å². The highest BCUT2D eigenvalue weighted by molar-refractivity contribution is 5.30. The lowest BCUT2D eigenvalue weighted by Crippen LogP contribution is -2.09. The van der Waals surface area contributed by atoms with E-state index in [1.165, 1.54) is 12.3 Å². The molecule has 0 fully saturated rings. The summed E-state index contributed by atoms with van der Waals surface area (Å²) in [6.45, 7) is 0.664. The maximum absolute atomic E-state index is 13.2. The molecule has 2 rings (SSSR count). The fourth-order valence-electron chi connectivity index (χ4n) is 1.34. The zero-order valence-corrected chi connectivity index (χ0v) is 8.94. The highest BCUT2D eigenvalue weighted by Crippen LogP contribution is 2.17. The molecule has 1 aromatic carbocycles. The average Bonchev–Trinajstić information content (AvgIpc) is 2.68. The normalized spacial score (nSPS) is 10.5. The molecular weight excluding hydrogens is 228 g/mol. The summed E-state index contributed by atoms with van der Waals surface area (Å²) in [7, 11) is 0. The molecule has 0 aliphatic rings. The Hall–Kier alpha value is -2.11. The summed E-state index contributed by atoms with van der Waals surface area (Å²) in [5, 5.41) is 3.94. The molecule has 0 unspecified atom stereocenters. The third kappa shape index (κ3) is 2.93. The number of hydrogen-bond donors (Lipinski definition) is 1. The number of nitrogens with zero attached hydrogens (tertiary/aromatic N) is 2. The SMILES string of the molecule is Nc1cnn(CCOc2ccc(F)cc2F)c1. The fraction of sp³-hybridized carbons (Fsp3) is 0.182. The van der Waals surface area contributed by atoms with Crippen LogP contribution in [0.4, 0.5) is 14.5 Å². The Kier molecular flexibility index (Phi) is 3.22. The van der Waals surface area contributed by atoms with Crippen molar-refractivity contribution in [3.8, 4) is 5.75 Å². The van der Waals surface area contributed by atoms with Crippen LogP contribution in [0.1, 0.15) is 0 Å². The number of halogens is 2. The first-order chi connectivity index (χ1) is 8.15. The van der Waals surface area contributed by atoms with Crippen LogP contribution in [0.5, 0.6) is 5.75 Å². The number of hydrogen-bond acceptors (Lipinski definition) is 3. The Morgan fingerprint density at radius 1 is 1.35 bits per heavy atom. The Morgan fingerprint density at radius 3 is 2.82 bits per heavy atom. The van der Waals surface area contributed by atoms with Gasteiger partial charge in [-0.2, -0.15) is 5.10 Å². The zero-order valence-electron chi connectivity index (χ0n) is 8.94. The van der Waals surface area contributed by atoms with E-state index in [9.17, 15) is 8.78 Å². The van der Waals surface area contributed by atoms with Gasteiger partial charge in [-0.25, -0.2) is 8.78 Å². The molecular formula is C11H11F2N3O. The van der Waals surface area contributed by atoms with E-state index < -0.39 is 11.6 Å². The summed E-state index contributed by atoms with van der Waals surface area (Å²) >= 11 is 0. The minimum atomic E-state index is -0.718. The number of ether oxygens (including phenoxy) is 1. The summed E-state index contributed by atoms with van der Waals surface area (Å²) in [6.07, 6.45) is 3.16. The van der Waals surface area contributed by atoms with E-state index in [4.69, 9.17) is 10.5 Å². The predicted octanol–water partition coefficient (Wildman–Crippen LogP) is 1.82. The first-order valence-electron chi connectivity index (χ1n) is 5.01.